The smallest absolute Gasteiger partial charge is 0.410 e. The Morgan fingerprint density at radius 3 is 2.67 bits per heavy atom. The van der Waals surface area contributed by atoms with Crippen molar-refractivity contribution in [3.05, 3.63) is 29.8 Å². The predicted octanol–water partition coefficient (Wildman–Crippen LogP) is 3.42. The number of likely N-dealkylation sites (tertiary alicyclic amines) is 1. The maximum absolute atomic E-state index is 12.4. The number of carbonyl (C=O) groups is 1. The fourth-order valence-electron chi connectivity index (χ4n) is 3.41. The highest BCUT2D eigenvalue weighted by Gasteiger charge is 2.39. The molecule has 134 valence electrons. The summed E-state index contributed by atoms with van der Waals surface area (Å²) in [5, 5.41) is 9.94. The summed E-state index contributed by atoms with van der Waals surface area (Å²) in [4.78, 5) is 14.2. The number of rotatable bonds is 3. The molecule has 2 rings (SSSR count). The molecule has 0 aromatic heterocycles. The number of piperidine rings is 1. The molecule has 0 bridgehead atoms. The van der Waals surface area contributed by atoms with Crippen molar-refractivity contribution < 1.29 is 19.4 Å². The van der Waals surface area contributed by atoms with E-state index in [4.69, 9.17) is 9.47 Å². The van der Waals surface area contributed by atoms with Gasteiger partial charge in [-0.15, -0.1) is 0 Å². The lowest BCUT2D eigenvalue weighted by Gasteiger charge is -2.43. The van der Waals surface area contributed by atoms with Gasteiger partial charge in [-0.2, -0.15) is 0 Å². The molecule has 1 aromatic carbocycles. The van der Waals surface area contributed by atoms with Gasteiger partial charge in [0.1, 0.15) is 11.4 Å². The fraction of sp³-hybridized carbons (Fsp3) is 0.632. The van der Waals surface area contributed by atoms with Crippen molar-refractivity contribution >= 4 is 6.09 Å². The van der Waals surface area contributed by atoms with Crippen LogP contribution in [-0.4, -0.2) is 48.0 Å². The van der Waals surface area contributed by atoms with E-state index >= 15 is 0 Å². The lowest BCUT2D eigenvalue weighted by Crippen LogP contribution is -2.52. The van der Waals surface area contributed by atoms with Crippen molar-refractivity contribution in [3.8, 4) is 5.75 Å². The van der Waals surface area contributed by atoms with Crippen molar-refractivity contribution in [1.82, 2.24) is 4.90 Å². The van der Waals surface area contributed by atoms with Gasteiger partial charge < -0.3 is 19.5 Å². The van der Waals surface area contributed by atoms with Crippen LogP contribution in [0.4, 0.5) is 4.79 Å². The van der Waals surface area contributed by atoms with Gasteiger partial charge in [-0.25, -0.2) is 4.79 Å². The van der Waals surface area contributed by atoms with Gasteiger partial charge in [0.05, 0.1) is 7.11 Å². The van der Waals surface area contributed by atoms with Crippen LogP contribution in [0.25, 0.3) is 0 Å². The summed E-state index contributed by atoms with van der Waals surface area (Å²) >= 11 is 0. The largest absolute Gasteiger partial charge is 0.497 e. The van der Waals surface area contributed by atoms with E-state index in [0.717, 1.165) is 17.7 Å². The Hall–Kier alpha value is -1.75. The van der Waals surface area contributed by atoms with Crippen molar-refractivity contribution in [2.75, 3.05) is 20.3 Å². The van der Waals surface area contributed by atoms with E-state index in [1.807, 2.05) is 45.9 Å². The molecule has 0 saturated carbocycles. The molecule has 1 heterocycles. The van der Waals surface area contributed by atoms with Crippen LogP contribution in [0.1, 0.15) is 45.6 Å². The molecule has 5 nitrogen and oxygen atoms in total. The average molecular weight is 335 g/mol. The number of methoxy groups -OCH3 is 1. The van der Waals surface area contributed by atoms with Crippen LogP contribution >= 0.6 is 0 Å². The number of aliphatic hydroxyl groups excluding tert-OH is 1. The average Bonchev–Trinajstić information content (AvgIpc) is 2.52. The molecule has 1 aliphatic heterocycles. The fourth-order valence-corrected chi connectivity index (χ4v) is 3.41. The van der Waals surface area contributed by atoms with Gasteiger partial charge in [0, 0.05) is 25.1 Å². The van der Waals surface area contributed by atoms with Crippen LogP contribution < -0.4 is 4.74 Å². The molecular formula is C19H29NO4. The van der Waals surface area contributed by atoms with E-state index < -0.39 is 5.60 Å². The summed E-state index contributed by atoms with van der Waals surface area (Å²) in [5.74, 6) is 0.976. The predicted molar refractivity (Wildman–Crippen MR) is 93.3 cm³/mol. The zero-order valence-electron chi connectivity index (χ0n) is 15.3. The van der Waals surface area contributed by atoms with Gasteiger partial charge >= 0.3 is 6.09 Å². The molecular weight excluding hydrogens is 306 g/mol. The molecule has 0 spiro atoms. The molecule has 1 aliphatic rings. The first-order chi connectivity index (χ1) is 11.3. The number of carbonyl (C=O) groups excluding carboxylic acids is 1. The Morgan fingerprint density at radius 2 is 2.08 bits per heavy atom. The third-order valence-electron chi connectivity index (χ3n) is 4.67. The number of nitrogens with zero attached hydrogens (tertiary/aromatic N) is 1. The molecule has 0 unspecified atom stereocenters. The van der Waals surface area contributed by atoms with Crippen molar-refractivity contribution in [3.63, 3.8) is 0 Å². The maximum Gasteiger partial charge on any atom is 0.410 e. The molecule has 1 N–H and O–H groups in total. The summed E-state index contributed by atoms with van der Waals surface area (Å²) in [5.41, 5.74) is 0.624. The molecule has 0 aliphatic carbocycles. The summed E-state index contributed by atoms with van der Waals surface area (Å²) in [7, 11) is 1.65. The summed E-state index contributed by atoms with van der Waals surface area (Å²) in [6, 6.07) is 7.87. The molecule has 0 radical (unpaired) electrons. The molecule has 1 amide bonds. The van der Waals surface area contributed by atoms with Crippen LogP contribution in [-0.2, 0) is 4.74 Å². The van der Waals surface area contributed by atoms with E-state index in [-0.39, 0.29) is 30.6 Å². The van der Waals surface area contributed by atoms with Crippen molar-refractivity contribution in [2.24, 2.45) is 5.92 Å². The Labute approximate surface area is 144 Å². The first kappa shape index (κ1) is 18.6. The minimum absolute atomic E-state index is 0.0293. The zero-order valence-corrected chi connectivity index (χ0v) is 15.3. The Kier molecular flexibility index (Phi) is 5.75. The van der Waals surface area contributed by atoms with Crippen LogP contribution in [0.3, 0.4) is 0 Å². The van der Waals surface area contributed by atoms with Crippen LogP contribution in [0.15, 0.2) is 24.3 Å². The quantitative estimate of drug-likeness (QED) is 0.919. The second-order valence-electron chi connectivity index (χ2n) is 7.43. The second-order valence-corrected chi connectivity index (χ2v) is 7.43. The number of hydrogen-bond donors (Lipinski definition) is 1. The number of aliphatic hydroxyl groups is 1. The molecule has 1 saturated heterocycles. The van der Waals surface area contributed by atoms with Crippen LogP contribution in [0, 0.1) is 5.92 Å². The Bertz CT molecular complexity index is 567. The van der Waals surface area contributed by atoms with Crippen molar-refractivity contribution in [2.45, 2.75) is 51.7 Å². The van der Waals surface area contributed by atoms with Gasteiger partial charge in [-0.05, 0) is 57.7 Å². The molecule has 1 fully saturated rings. The van der Waals surface area contributed by atoms with Gasteiger partial charge in [-0.3, -0.25) is 0 Å². The van der Waals surface area contributed by atoms with E-state index in [1.54, 1.807) is 12.0 Å². The van der Waals surface area contributed by atoms with E-state index in [0.29, 0.717) is 6.54 Å². The minimum Gasteiger partial charge on any atom is -0.497 e. The summed E-state index contributed by atoms with van der Waals surface area (Å²) < 4.78 is 10.8. The second kappa shape index (κ2) is 7.43. The topological polar surface area (TPSA) is 59.0 Å². The van der Waals surface area contributed by atoms with E-state index in [2.05, 4.69) is 6.07 Å². The standard InChI is InChI=1S/C19H29NO4/c1-13-17(12-21)16(14-7-6-8-15(11-14)23-5)9-10-20(13)18(22)24-19(2,3)4/h6-8,11,13,16-17,21H,9-10,12H2,1-5H3/t13-,16+,17-/m1/s1. The lowest BCUT2D eigenvalue weighted by molar-refractivity contribution is -0.00764. The first-order valence-electron chi connectivity index (χ1n) is 8.51. The van der Waals surface area contributed by atoms with E-state index in [1.165, 1.54) is 0 Å². The molecule has 5 heteroatoms. The normalized spacial score (nSPS) is 24.6. The van der Waals surface area contributed by atoms with Crippen LogP contribution in [0.2, 0.25) is 0 Å². The first-order valence-corrected chi connectivity index (χ1v) is 8.51. The van der Waals surface area contributed by atoms with E-state index in [9.17, 15) is 9.90 Å². The Balaban J connectivity index is 2.18. The lowest BCUT2D eigenvalue weighted by atomic mass is 9.76. The molecule has 3 atom stereocenters. The highest BCUT2D eigenvalue weighted by atomic mass is 16.6. The summed E-state index contributed by atoms with van der Waals surface area (Å²) in [6.45, 7) is 8.22. The number of amides is 1. The van der Waals surface area contributed by atoms with Crippen molar-refractivity contribution in [1.29, 1.82) is 0 Å². The highest BCUT2D eigenvalue weighted by molar-refractivity contribution is 5.68. The minimum atomic E-state index is -0.519. The van der Waals surface area contributed by atoms with Crippen LogP contribution in [0.5, 0.6) is 5.75 Å². The number of ether oxygens (including phenoxy) is 2. The maximum atomic E-state index is 12.4. The van der Waals surface area contributed by atoms with Gasteiger partial charge in [0.15, 0.2) is 0 Å². The molecule has 24 heavy (non-hydrogen) atoms. The van der Waals surface area contributed by atoms with Gasteiger partial charge in [0.25, 0.3) is 0 Å². The monoisotopic (exact) mass is 335 g/mol. The van der Waals surface area contributed by atoms with Gasteiger partial charge in [-0.1, -0.05) is 12.1 Å². The Morgan fingerprint density at radius 1 is 1.38 bits per heavy atom. The third-order valence-corrected chi connectivity index (χ3v) is 4.67. The summed E-state index contributed by atoms with van der Waals surface area (Å²) in [6.07, 6.45) is 0.486. The molecule has 1 aromatic rings. The highest BCUT2D eigenvalue weighted by Crippen LogP contribution is 2.38. The van der Waals surface area contributed by atoms with Gasteiger partial charge in [0.2, 0.25) is 0 Å². The number of benzene rings is 1. The SMILES string of the molecule is COc1cccc([C@@H]2CCN(C(=O)OC(C)(C)C)[C@H](C)[C@H]2CO)c1. The zero-order chi connectivity index (χ0) is 17.9. The third kappa shape index (κ3) is 4.20. The number of hydrogen-bond acceptors (Lipinski definition) is 4.